The van der Waals surface area contributed by atoms with E-state index < -0.39 is 0 Å². The Labute approximate surface area is 667 Å². The number of rotatable bonds is 12. The first-order chi connectivity index (χ1) is 57.1. The number of para-hydroxylation sites is 4. The summed E-state index contributed by atoms with van der Waals surface area (Å²) < 4.78 is 9.62. The summed E-state index contributed by atoms with van der Waals surface area (Å²) in [4.78, 5) is 5.42. The van der Waals surface area contributed by atoms with Gasteiger partial charge >= 0.3 is 0 Å². The van der Waals surface area contributed by atoms with Crippen LogP contribution < -0.4 is 26.2 Å². The molecule has 2 aliphatic heterocycles. The van der Waals surface area contributed by atoms with Crippen molar-refractivity contribution in [1.29, 1.82) is 0 Å². The molecule has 0 atom stereocenters. The van der Waals surface area contributed by atoms with Crippen LogP contribution in [0.25, 0.3) is 171 Å². The molecule has 19 aromatic carbocycles. The lowest BCUT2D eigenvalue weighted by Crippen LogP contribution is -2.61. The zero-order valence-electron chi connectivity index (χ0n) is 62.7. The van der Waals surface area contributed by atoms with Crippen molar-refractivity contribution in [1.82, 2.24) is 4.57 Å². The Hall–Kier alpha value is -15.0. The van der Waals surface area contributed by atoms with Crippen LogP contribution >= 0.6 is 0 Å². The van der Waals surface area contributed by atoms with E-state index in [0.717, 1.165) is 156 Å². The van der Waals surface area contributed by atoms with Crippen LogP contribution in [-0.4, -0.2) is 11.3 Å². The van der Waals surface area contributed by atoms with Gasteiger partial charge < -0.3 is 18.8 Å². The third-order valence-electron chi connectivity index (χ3n) is 24.1. The van der Waals surface area contributed by atoms with E-state index in [2.05, 4.69) is 439 Å². The zero-order chi connectivity index (χ0) is 75.6. The molecule has 0 N–H and O–H groups in total. The van der Waals surface area contributed by atoms with Gasteiger partial charge in [0.2, 0.25) is 0 Å². The summed E-state index contributed by atoms with van der Waals surface area (Å²) in [6, 6.07) is 158. The van der Waals surface area contributed by atoms with Crippen molar-refractivity contribution in [2.75, 3.05) is 9.80 Å². The number of anilines is 6. The van der Waals surface area contributed by atoms with Gasteiger partial charge in [0, 0.05) is 72.1 Å². The molecule has 0 fully saturated rings. The highest BCUT2D eigenvalue weighted by molar-refractivity contribution is 7.00. The number of hydrogen-bond donors (Lipinski definition) is 0. The monoisotopic (exact) mass is 1460 g/mol. The molecule has 23 rings (SSSR count). The number of aromatic nitrogens is 1. The van der Waals surface area contributed by atoms with Gasteiger partial charge in [0.1, 0.15) is 11.2 Å². The quantitative estimate of drug-likeness (QED) is 0.0900. The molecule has 21 aromatic rings. The Bertz CT molecular complexity index is 7210. The first kappa shape index (κ1) is 65.8. The van der Waals surface area contributed by atoms with E-state index in [1.54, 1.807) is 0 Å². The molecule has 0 amide bonds. The van der Waals surface area contributed by atoms with Crippen molar-refractivity contribution < 1.29 is 4.42 Å². The van der Waals surface area contributed by atoms with Crippen molar-refractivity contribution in [2.24, 2.45) is 0 Å². The van der Waals surface area contributed by atoms with Gasteiger partial charge in [-0.25, -0.2) is 0 Å². The van der Waals surface area contributed by atoms with Crippen LogP contribution in [0.1, 0.15) is 0 Å². The minimum absolute atomic E-state index is 0.346. The molecule has 4 nitrogen and oxygen atoms in total. The lowest BCUT2D eigenvalue weighted by atomic mass is 9.33. The number of benzene rings is 19. The van der Waals surface area contributed by atoms with Crippen LogP contribution in [0.3, 0.4) is 0 Å². The van der Waals surface area contributed by atoms with Gasteiger partial charge in [0.05, 0.1) is 28.1 Å². The molecule has 5 heteroatoms. The van der Waals surface area contributed by atoms with Gasteiger partial charge in [-0.05, 0) is 177 Å². The van der Waals surface area contributed by atoms with E-state index in [1.165, 1.54) is 65.4 Å². The Morgan fingerprint density at radius 1 is 0.209 bits per heavy atom. The number of furan rings is 1. The molecular formula is C110H70BN3O. The fourth-order valence-corrected chi connectivity index (χ4v) is 19.1. The van der Waals surface area contributed by atoms with Gasteiger partial charge in [-0.2, -0.15) is 0 Å². The summed E-state index contributed by atoms with van der Waals surface area (Å²) in [6.07, 6.45) is 0. The fourth-order valence-electron chi connectivity index (χ4n) is 19.1. The molecule has 0 bridgehead atoms. The minimum Gasteiger partial charge on any atom is -0.455 e. The molecule has 115 heavy (non-hydrogen) atoms. The molecule has 2 aromatic heterocycles. The van der Waals surface area contributed by atoms with Crippen LogP contribution in [0.2, 0.25) is 0 Å². The molecular weight excluding hydrogens is 1390 g/mol. The first-order valence-corrected chi connectivity index (χ1v) is 39.7. The average Bonchev–Trinajstić information content (AvgIpc) is 1.24. The summed E-state index contributed by atoms with van der Waals surface area (Å²) >= 11 is 0. The van der Waals surface area contributed by atoms with Crippen molar-refractivity contribution >= 4 is 123 Å². The molecule has 0 saturated carbocycles. The standard InChI is InChI=1S/C110H70BN3O/c1-8-33-71(34-9-1)80-63-92(73-37-12-3-13-38-73)108(93(64-80)74-39-14-4-15-40-74)113-100-67-78(83-54-32-55-91-86-49-28-31-58-104(86)115-110(83)91)59-61-96(100)111-97-62-60-79(106-89-52-24-22-50-87(89)105(77-45-20-7-21-46-77)88-51-23-25-53-90(88)106)68-101(97)114(103-70-82(69-102(113)107(103)111)112-98-56-29-26-47-84(98)85-48-27-30-57-99(85)112)109-94(75-41-16-5-17-42-75)65-81(72-35-10-2-11-36-72)66-95(109)76-43-18-6-19-44-76/h1-70H. The molecule has 4 heterocycles. The SMILES string of the molecule is c1ccc(-c2cc(-c3ccccc3)c(N3c4cc(-c5c6ccccc6c(-c6ccccc6)c6ccccc56)ccc4B4c5ccc(-c6cccc7c6oc6ccccc67)cc5N(c5c(-c6ccccc6)cc(-c6ccccc6)cc5-c5ccccc5)c5cc(-n6c7ccccc7c7ccccc76)cc3c54)c(-c3ccccc3)c2)cc1. The maximum Gasteiger partial charge on any atom is 0.252 e. The van der Waals surface area contributed by atoms with E-state index in [1.807, 2.05) is 0 Å². The molecule has 0 spiro atoms. The second-order valence-corrected chi connectivity index (χ2v) is 30.4. The van der Waals surface area contributed by atoms with Crippen molar-refractivity contribution in [3.05, 3.63) is 425 Å². The highest BCUT2D eigenvalue weighted by Crippen LogP contribution is 2.57. The zero-order valence-corrected chi connectivity index (χ0v) is 62.7. The average molecular weight is 1460 g/mol. The lowest BCUT2D eigenvalue weighted by Gasteiger charge is -2.46. The molecule has 0 unspecified atom stereocenters. The summed E-state index contributed by atoms with van der Waals surface area (Å²) in [5, 5.41) is 9.32. The highest BCUT2D eigenvalue weighted by Gasteiger charge is 2.46. The van der Waals surface area contributed by atoms with Gasteiger partial charge in [0.15, 0.2) is 0 Å². The Morgan fingerprint density at radius 2 is 0.548 bits per heavy atom. The molecule has 0 aliphatic carbocycles. The third kappa shape index (κ3) is 10.6. The second kappa shape index (κ2) is 26.9. The summed E-state index contributed by atoms with van der Waals surface area (Å²) in [5.74, 6) is 0. The minimum atomic E-state index is -0.346. The second-order valence-electron chi connectivity index (χ2n) is 30.4. The van der Waals surface area contributed by atoms with Crippen molar-refractivity contribution in [3.63, 3.8) is 0 Å². The van der Waals surface area contributed by atoms with Crippen molar-refractivity contribution in [2.45, 2.75) is 0 Å². The predicted octanol–water partition coefficient (Wildman–Crippen LogP) is 28.1. The fraction of sp³-hybridized carbons (Fsp3) is 0. The lowest BCUT2D eigenvalue weighted by molar-refractivity contribution is 0.670. The first-order valence-electron chi connectivity index (χ1n) is 39.7. The van der Waals surface area contributed by atoms with E-state index in [4.69, 9.17) is 4.42 Å². The normalized spacial score (nSPS) is 12.3. The largest absolute Gasteiger partial charge is 0.455 e. The van der Waals surface area contributed by atoms with Crippen LogP contribution in [0.4, 0.5) is 34.1 Å². The van der Waals surface area contributed by atoms with E-state index >= 15 is 0 Å². The Kier molecular flexibility index (Phi) is 15.4. The maximum absolute atomic E-state index is 7.08. The van der Waals surface area contributed by atoms with Gasteiger partial charge in [-0.15, -0.1) is 0 Å². The van der Waals surface area contributed by atoms with Crippen LogP contribution in [0, 0.1) is 0 Å². The summed E-state index contributed by atoms with van der Waals surface area (Å²) in [5.41, 5.74) is 35.0. The van der Waals surface area contributed by atoms with Crippen molar-refractivity contribution in [3.8, 4) is 106 Å². The van der Waals surface area contributed by atoms with Crippen LogP contribution in [0.15, 0.2) is 429 Å². The van der Waals surface area contributed by atoms with E-state index in [-0.39, 0.29) is 6.71 Å². The van der Waals surface area contributed by atoms with E-state index in [9.17, 15) is 0 Å². The third-order valence-corrected chi connectivity index (χ3v) is 24.1. The Balaban J connectivity index is 0.922. The molecule has 0 radical (unpaired) electrons. The highest BCUT2D eigenvalue weighted by atomic mass is 16.3. The van der Waals surface area contributed by atoms with Crippen LogP contribution in [0.5, 0.6) is 0 Å². The molecule has 2 aliphatic rings. The van der Waals surface area contributed by atoms with Gasteiger partial charge in [-0.1, -0.05) is 358 Å². The maximum atomic E-state index is 7.08. The van der Waals surface area contributed by atoms with Crippen LogP contribution in [-0.2, 0) is 0 Å². The number of hydrogen-bond acceptors (Lipinski definition) is 3. The van der Waals surface area contributed by atoms with Gasteiger partial charge in [0.25, 0.3) is 6.71 Å². The molecule has 0 saturated heterocycles. The topological polar surface area (TPSA) is 24.6 Å². The predicted molar refractivity (Wildman–Crippen MR) is 486 cm³/mol. The van der Waals surface area contributed by atoms with Gasteiger partial charge in [-0.3, -0.25) is 0 Å². The van der Waals surface area contributed by atoms with E-state index in [0.29, 0.717) is 0 Å². The number of fused-ring (bicyclic) bond motifs is 12. The number of nitrogens with zero attached hydrogens (tertiary/aromatic N) is 3. The summed E-state index contributed by atoms with van der Waals surface area (Å²) in [6.45, 7) is -0.346. The Morgan fingerprint density at radius 3 is 0.983 bits per heavy atom. The summed E-state index contributed by atoms with van der Waals surface area (Å²) in [7, 11) is 0. The molecule has 534 valence electrons. The smallest absolute Gasteiger partial charge is 0.252 e.